The second-order valence-corrected chi connectivity index (χ2v) is 4.88. The van der Waals surface area contributed by atoms with E-state index in [1.165, 1.54) is 11.8 Å². The van der Waals surface area contributed by atoms with E-state index < -0.39 is 0 Å². The van der Waals surface area contributed by atoms with Crippen molar-refractivity contribution in [3.8, 4) is 11.5 Å². The van der Waals surface area contributed by atoms with Crippen molar-refractivity contribution < 1.29 is 14.3 Å². The van der Waals surface area contributed by atoms with Crippen molar-refractivity contribution >= 4 is 28.7 Å². The van der Waals surface area contributed by atoms with Gasteiger partial charge >= 0.3 is 0 Å². The highest BCUT2D eigenvalue weighted by Crippen LogP contribution is 2.34. The topological polar surface area (TPSA) is 102 Å². The van der Waals surface area contributed by atoms with E-state index in [4.69, 9.17) is 15.3 Å². The van der Waals surface area contributed by atoms with Gasteiger partial charge in [-0.05, 0) is 0 Å². The highest BCUT2D eigenvalue weighted by Gasteiger charge is 2.15. The number of hydrogen-bond acceptors (Lipinski definition) is 6. The summed E-state index contributed by atoms with van der Waals surface area (Å²) in [5.74, 6) is 6.38. The van der Waals surface area contributed by atoms with Crippen LogP contribution in [-0.4, -0.2) is 34.8 Å². The van der Waals surface area contributed by atoms with Gasteiger partial charge in [0.25, 0.3) is 0 Å². The minimum atomic E-state index is -0.253. The summed E-state index contributed by atoms with van der Waals surface area (Å²) in [7, 11) is 0. The van der Waals surface area contributed by atoms with Gasteiger partial charge in [0.1, 0.15) is 13.2 Å². The zero-order valence-corrected chi connectivity index (χ0v) is 10.8. The number of rotatable bonds is 3. The minimum absolute atomic E-state index is 0.211. The Morgan fingerprint density at radius 2 is 2.16 bits per heavy atom. The molecule has 3 rings (SSSR count). The highest BCUT2D eigenvalue weighted by atomic mass is 32.2. The Hall–Kier alpha value is -1.93. The quantitative estimate of drug-likeness (QED) is 0.326. The summed E-state index contributed by atoms with van der Waals surface area (Å²) in [5, 5.41) is 0.654. The van der Waals surface area contributed by atoms with Crippen molar-refractivity contribution in [2.75, 3.05) is 19.0 Å². The van der Waals surface area contributed by atoms with Crippen molar-refractivity contribution in [1.29, 1.82) is 0 Å². The lowest BCUT2D eigenvalue weighted by Gasteiger charge is -2.17. The number of hydrogen-bond donors (Lipinski definition) is 3. The Morgan fingerprint density at radius 1 is 1.42 bits per heavy atom. The van der Waals surface area contributed by atoms with Crippen molar-refractivity contribution in [2.45, 2.75) is 5.16 Å². The number of nitrogens with one attached hydrogen (secondary N) is 2. The molecular formula is C11H12N4O3S. The molecule has 0 saturated carbocycles. The summed E-state index contributed by atoms with van der Waals surface area (Å²) in [5.41, 5.74) is 3.70. The van der Waals surface area contributed by atoms with Crippen molar-refractivity contribution in [3.63, 3.8) is 0 Å². The van der Waals surface area contributed by atoms with Gasteiger partial charge in [0.2, 0.25) is 5.91 Å². The van der Waals surface area contributed by atoms with Gasteiger partial charge in [0.15, 0.2) is 16.7 Å². The SMILES string of the molecule is NNC(=O)CSc1nc2cc3c(cc2[nH]1)OCCO3. The molecule has 0 spiro atoms. The largest absolute Gasteiger partial charge is 0.486 e. The second-order valence-electron chi connectivity index (χ2n) is 3.91. The van der Waals surface area contributed by atoms with E-state index in [0.29, 0.717) is 29.9 Å². The van der Waals surface area contributed by atoms with Crippen LogP contribution in [0, 0.1) is 0 Å². The Morgan fingerprint density at radius 3 is 2.89 bits per heavy atom. The Balaban J connectivity index is 1.86. The number of fused-ring (bicyclic) bond motifs is 2. The number of ether oxygens (including phenoxy) is 2. The van der Waals surface area contributed by atoms with Gasteiger partial charge in [-0.25, -0.2) is 10.8 Å². The summed E-state index contributed by atoms with van der Waals surface area (Å²) < 4.78 is 11.0. The van der Waals surface area contributed by atoms with E-state index in [1.54, 1.807) is 0 Å². The fourth-order valence-corrected chi connectivity index (χ4v) is 2.46. The number of hydrazine groups is 1. The molecule has 0 aliphatic carbocycles. The number of aromatic amines is 1. The fourth-order valence-electron chi connectivity index (χ4n) is 1.77. The molecule has 1 aromatic carbocycles. The van der Waals surface area contributed by atoms with Crippen LogP contribution in [-0.2, 0) is 4.79 Å². The number of H-pyrrole nitrogens is 1. The molecule has 0 atom stereocenters. The zero-order chi connectivity index (χ0) is 13.2. The third-order valence-electron chi connectivity index (χ3n) is 2.63. The molecule has 0 radical (unpaired) electrons. The van der Waals surface area contributed by atoms with Gasteiger partial charge in [-0.2, -0.15) is 0 Å². The van der Waals surface area contributed by atoms with E-state index in [-0.39, 0.29) is 11.7 Å². The number of thioether (sulfide) groups is 1. The standard InChI is InChI=1S/C11H12N4O3S/c12-15-10(16)5-19-11-13-6-3-8-9(4-7(6)14-11)18-2-1-17-8/h3-4H,1-2,5,12H2,(H,13,14)(H,15,16). The fraction of sp³-hybridized carbons (Fsp3) is 0.273. The first-order chi connectivity index (χ1) is 9.26. The molecular weight excluding hydrogens is 268 g/mol. The molecule has 0 saturated heterocycles. The van der Waals surface area contributed by atoms with E-state index in [2.05, 4.69) is 15.4 Å². The number of carbonyl (C=O) groups excluding carboxylic acids is 1. The number of benzene rings is 1. The molecule has 0 fully saturated rings. The summed E-state index contributed by atoms with van der Waals surface area (Å²) >= 11 is 1.28. The lowest BCUT2D eigenvalue weighted by molar-refractivity contribution is -0.118. The van der Waals surface area contributed by atoms with Gasteiger partial charge < -0.3 is 14.5 Å². The molecule has 4 N–H and O–H groups in total. The summed E-state index contributed by atoms with van der Waals surface area (Å²) in [6.07, 6.45) is 0. The monoisotopic (exact) mass is 280 g/mol. The van der Waals surface area contributed by atoms with Crippen LogP contribution in [0.15, 0.2) is 17.3 Å². The summed E-state index contributed by atoms with van der Waals surface area (Å²) in [4.78, 5) is 18.6. The normalized spacial score (nSPS) is 13.5. The summed E-state index contributed by atoms with van der Waals surface area (Å²) in [6.45, 7) is 1.09. The van der Waals surface area contributed by atoms with Crippen LogP contribution in [0.1, 0.15) is 0 Å². The number of amides is 1. The number of aromatic nitrogens is 2. The van der Waals surface area contributed by atoms with Gasteiger partial charge in [-0.1, -0.05) is 11.8 Å². The lowest BCUT2D eigenvalue weighted by atomic mass is 10.2. The average Bonchev–Trinajstić information content (AvgIpc) is 2.83. The molecule has 19 heavy (non-hydrogen) atoms. The first kappa shape index (κ1) is 12.1. The summed E-state index contributed by atoms with van der Waals surface area (Å²) in [6, 6.07) is 3.68. The minimum Gasteiger partial charge on any atom is -0.486 e. The number of nitrogens with two attached hydrogens (primary N) is 1. The molecule has 1 aromatic heterocycles. The smallest absolute Gasteiger partial charge is 0.244 e. The predicted octanol–water partition coefficient (Wildman–Crippen LogP) is 0.416. The molecule has 1 amide bonds. The van der Waals surface area contributed by atoms with Crippen LogP contribution in [0.25, 0.3) is 11.0 Å². The van der Waals surface area contributed by atoms with E-state index >= 15 is 0 Å². The first-order valence-corrected chi connectivity index (χ1v) is 6.66. The maximum Gasteiger partial charge on any atom is 0.244 e. The van der Waals surface area contributed by atoms with Crippen LogP contribution in [0.4, 0.5) is 0 Å². The third kappa shape index (κ3) is 2.45. The molecule has 8 heteroatoms. The van der Waals surface area contributed by atoms with Gasteiger partial charge in [-0.15, -0.1) is 0 Å². The molecule has 1 aliphatic rings. The van der Waals surface area contributed by atoms with Crippen LogP contribution in [0.5, 0.6) is 11.5 Å². The van der Waals surface area contributed by atoms with E-state index in [9.17, 15) is 4.79 Å². The van der Waals surface area contributed by atoms with Crippen molar-refractivity contribution in [3.05, 3.63) is 12.1 Å². The maximum absolute atomic E-state index is 11.1. The molecule has 0 bridgehead atoms. The van der Waals surface area contributed by atoms with Gasteiger partial charge in [-0.3, -0.25) is 10.2 Å². The molecule has 7 nitrogen and oxygen atoms in total. The predicted molar refractivity (Wildman–Crippen MR) is 70.1 cm³/mol. The van der Waals surface area contributed by atoms with E-state index in [1.807, 2.05) is 12.1 Å². The second kappa shape index (κ2) is 4.98. The van der Waals surface area contributed by atoms with Crippen LogP contribution < -0.4 is 20.7 Å². The maximum atomic E-state index is 11.1. The highest BCUT2D eigenvalue weighted by molar-refractivity contribution is 7.99. The third-order valence-corrected chi connectivity index (χ3v) is 3.50. The Kier molecular flexibility index (Phi) is 3.18. The molecule has 2 heterocycles. The molecule has 1 aliphatic heterocycles. The van der Waals surface area contributed by atoms with Gasteiger partial charge in [0, 0.05) is 12.1 Å². The Bertz CT molecular complexity index is 585. The molecule has 100 valence electrons. The van der Waals surface area contributed by atoms with Gasteiger partial charge in [0.05, 0.1) is 16.8 Å². The molecule has 2 aromatic rings. The number of carbonyl (C=O) groups is 1. The number of nitrogens with zero attached hydrogens (tertiary/aromatic N) is 1. The van der Waals surface area contributed by atoms with Crippen molar-refractivity contribution in [2.24, 2.45) is 5.84 Å². The molecule has 0 unspecified atom stereocenters. The number of imidazole rings is 1. The zero-order valence-electron chi connectivity index (χ0n) is 9.93. The average molecular weight is 280 g/mol. The van der Waals surface area contributed by atoms with Crippen LogP contribution in [0.2, 0.25) is 0 Å². The Labute approximate surface area is 112 Å². The van der Waals surface area contributed by atoms with Crippen LogP contribution >= 0.6 is 11.8 Å². The van der Waals surface area contributed by atoms with E-state index in [0.717, 1.165) is 11.0 Å². The first-order valence-electron chi connectivity index (χ1n) is 5.68. The lowest BCUT2D eigenvalue weighted by Crippen LogP contribution is -2.31. The van der Waals surface area contributed by atoms with Crippen molar-refractivity contribution in [1.82, 2.24) is 15.4 Å². The van der Waals surface area contributed by atoms with Crippen LogP contribution in [0.3, 0.4) is 0 Å².